The Balaban J connectivity index is 2.90. The van der Waals surface area contributed by atoms with Crippen LogP contribution in [0.2, 0.25) is 0 Å². The van der Waals surface area contributed by atoms with Gasteiger partial charge in [-0.25, -0.2) is 0 Å². The highest BCUT2D eigenvalue weighted by atomic mass is 35.5. The third kappa shape index (κ3) is 1.61. The molecule has 1 aliphatic rings. The molecule has 0 saturated carbocycles. The molecule has 0 atom stereocenters. The van der Waals surface area contributed by atoms with Crippen LogP contribution in [0.15, 0.2) is 28.0 Å². The lowest BCUT2D eigenvalue weighted by Gasteiger charge is -1.96. The standard InChI is InChI=1S/C7H9ClN2/c1-5-4-6(8)7(9)2-3-10-5/h2-3H,4,9H2,1H3. The number of aliphatic imine (C=N–C) groups is 1. The zero-order chi connectivity index (χ0) is 7.56. The third-order valence-corrected chi connectivity index (χ3v) is 1.63. The minimum Gasteiger partial charge on any atom is -0.398 e. The number of nitrogens with zero attached hydrogens (tertiary/aromatic N) is 1. The molecule has 0 bridgehead atoms. The molecule has 0 spiro atoms. The van der Waals surface area contributed by atoms with Crippen LogP contribution in [0.5, 0.6) is 0 Å². The summed E-state index contributed by atoms with van der Waals surface area (Å²) in [6.07, 6.45) is 4.04. The lowest BCUT2D eigenvalue weighted by Crippen LogP contribution is -1.97. The molecule has 0 fully saturated rings. The van der Waals surface area contributed by atoms with E-state index in [4.69, 9.17) is 17.3 Å². The Morgan fingerprint density at radius 3 is 3.10 bits per heavy atom. The first-order valence-corrected chi connectivity index (χ1v) is 3.42. The van der Waals surface area contributed by atoms with Crippen molar-refractivity contribution in [2.24, 2.45) is 10.7 Å². The van der Waals surface area contributed by atoms with Gasteiger partial charge in [-0.2, -0.15) is 0 Å². The summed E-state index contributed by atoms with van der Waals surface area (Å²) in [5, 5.41) is 0.676. The predicted molar refractivity (Wildman–Crippen MR) is 43.9 cm³/mol. The molecule has 3 heteroatoms. The van der Waals surface area contributed by atoms with E-state index in [-0.39, 0.29) is 0 Å². The Kier molecular flexibility index (Phi) is 2.12. The maximum atomic E-state index is 5.79. The number of hydrogen-bond acceptors (Lipinski definition) is 2. The van der Waals surface area contributed by atoms with Gasteiger partial charge in [0.25, 0.3) is 0 Å². The summed E-state index contributed by atoms with van der Waals surface area (Å²) in [4.78, 5) is 4.05. The topological polar surface area (TPSA) is 38.4 Å². The van der Waals surface area contributed by atoms with Crippen molar-refractivity contribution in [3.63, 3.8) is 0 Å². The molecule has 0 aliphatic carbocycles. The largest absolute Gasteiger partial charge is 0.398 e. The van der Waals surface area contributed by atoms with E-state index in [0.29, 0.717) is 17.2 Å². The van der Waals surface area contributed by atoms with Gasteiger partial charge in [-0.05, 0) is 13.0 Å². The summed E-state index contributed by atoms with van der Waals surface area (Å²) in [6, 6.07) is 0. The van der Waals surface area contributed by atoms with E-state index in [2.05, 4.69) is 4.99 Å². The number of hydrogen-bond donors (Lipinski definition) is 1. The van der Waals surface area contributed by atoms with Gasteiger partial charge >= 0.3 is 0 Å². The lowest BCUT2D eigenvalue weighted by molar-refractivity contribution is 1.31. The summed E-state index contributed by atoms with van der Waals surface area (Å²) in [5.74, 6) is 0. The molecule has 0 unspecified atom stereocenters. The quantitative estimate of drug-likeness (QED) is 0.571. The molecule has 0 saturated heterocycles. The van der Waals surface area contributed by atoms with Crippen molar-refractivity contribution in [3.8, 4) is 0 Å². The molecule has 54 valence electrons. The van der Waals surface area contributed by atoms with Gasteiger partial charge in [-0.15, -0.1) is 0 Å². The minimum atomic E-state index is 0.613. The Hall–Kier alpha value is -0.760. The first kappa shape index (κ1) is 7.35. The Morgan fingerprint density at radius 1 is 1.70 bits per heavy atom. The van der Waals surface area contributed by atoms with Crippen molar-refractivity contribution < 1.29 is 0 Å². The number of nitrogens with two attached hydrogens (primary N) is 1. The first-order chi connectivity index (χ1) is 4.70. The zero-order valence-electron chi connectivity index (χ0n) is 5.76. The molecule has 0 aromatic carbocycles. The fourth-order valence-corrected chi connectivity index (χ4v) is 0.964. The van der Waals surface area contributed by atoms with Gasteiger partial charge < -0.3 is 5.73 Å². The average Bonchev–Trinajstić information content (AvgIpc) is 1.96. The maximum absolute atomic E-state index is 5.79. The fraction of sp³-hybridized carbons (Fsp3) is 0.286. The Bertz CT molecular complexity index is 226. The predicted octanol–water partition coefficient (Wildman–Crippen LogP) is 1.77. The number of rotatable bonds is 0. The molecule has 2 nitrogen and oxygen atoms in total. The van der Waals surface area contributed by atoms with Crippen LogP contribution in [-0.4, -0.2) is 5.71 Å². The second-order valence-corrected chi connectivity index (χ2v) is 2.67. The Labute approximate surface area is 65.1 Å². The van der Waals surface area contributed by atoms with Crippen LogP contribution in [0, 0.1) is 0 Å². The molecular weight excluding hydrogens is 148 g/mol. The average molecular weight is 157 g/mol. The van der Waals surface area contributed by atoms with Crippen molar-refractivity contribution >= 4 is 17.3 Å². The summed E-state index contributed by atoms with van der Waals surface area (Å²) in [5.41, 5.74) is 7.13. The van der Waals surface area contributed by atoms with Crippen LogP contribution in [0.4, 0.5) is 0 Å². The zero-order valence-corrected chi connectivity index (χ0v) is 6.52. The normalized spacial score (nSPS) is 18.8. The maximum Gasteiger partial charge on any atom is 0.0480 e. The van der Waals surface area contributed by atoms with Crippen molar-refractivity contribution in [2.45, 2.75) is 13.3 Å². The summed E-state index contributed by atoms with van der Waals surface area (Å²) < 4.78 is 0. The molecule has 0 radical (unpaired) electrons. The fourth-order valence-electron chi connectivity index (χ4n) is 0.708. The van der Waals surface area contributed by atoms with E-state index in [9.17, 15) is 0 Å². The summed E-state index contributed by atoms with van der Waals surface area (Å²) in [7, 11) is 0. The van der Waals surface area contributed by atoms with E-state index in [1.54, 1.807) is 12.3 Å². The van der Waals surface area contributed by atoms with Crippen LogP contribution < -0.4 is 5.73 Å². The third-order valence-electron chi connectivity index (χ3n) is 1.27. The van der Waals surface area contributed by atoms with E-state index in [1.165, 1.54) is 0 Å². The highest BCUT2D eigenvalue weighted by molar-refractivity contribution is 6.31. The summed E-state index contributed by atoms with van der Waals surface area (Å²) >= 11 is 5.79. The van der Waals surface area contributed by atoms with Crippen LogP contribution in [0.3, 0.4) is 0 Å². The van der Waals surface area contributed by atoms with Gasteiger partial charge in [0.1, 0.15) is 0 Å². The molecule has 0 aromatic heterocycles. The molecule has 1 rings (SSSR count). The summed E-state index contributed by atoms with van der Waals surface area (Å²) in [6.45, 7) is 1.92. The highest BCUT2D eigenvalue weighted by Crippen LogP contribution is 2.14. The molecule has 0 aromatic rings. The number of allylic oxidation sites excluding steroid dienone is 2. The monoisotopic (exact) mass is 156 g/mol. The van der Waals surface area contributed by atoms with Gasteiger partial charge in [-0.1, -0.05) is 11.6 Å². The smallest absolute Gasteiger partial charge is 0.0480 e. The van der Waals surface area contributed by atoms with Gasteiger partial charge in [0.15, 0.2) is 0 Å². The van der Waals surface area contributed by atoms with Crippen LogP contribution in [0.25, 0.3) is 0 Å². The highest BCUT2D eigenvalue weighted by Gasteiger charge is 2.02. The molecular formula is C7H9ClN2. The second kappa shape index (κ2) is 2.88. The lowest BCUT2D eigenvalue weighted by atomic mass is 10.2. The van der Waals surface area contributed by atoms with Gasteiger partial charge in [0.05, 0.1) is 0 Å². The van der Waals surface area contributed by atoms with E-state index in [1.807, 2.05) is 6.92 Å². The van der Waals surface area contributed by atoms with E-state index >= 15 is 0 Å². The van der Waals surface area contributed by atoms with Gasteiger partial charge in [0.2, 0.25) is 0 Å². The van der Waals surface area contributed by atoms with Gasteiger partial charge in [-0.3, -0.25) is 4.99 Å². The molecule has 2 N–H and O–H groups in total. The second-order valence-electron chi connectivity index (χ2n) is 2.22. The van der Waals surface area contributed by atoms with Crippen LogP contribution in [-0.2, 0) is 0 Å². The van der Waals surface area contributed by atoms with Crippen LogP contribution >= 0.6 is 11.6 Å². The van der Waals surface area contributed by atoms with Crippen LogP contribution in [0.1, 0.15) is 13.3 Å². The van der Waals surface area contributed by atoms with E-state index < -0.39 is 0 Å². The van der Waals surface area contributed by atoms with Gasteiger partial charge in [0, 0.05) is 29.1 Å². The first-order valence-electron chi connectivity index (χ1n) is 3.04. The molecule has 1 aliphatic heterocycles. The molecule has 10 heavy (non-hydrogen) atoms. The van der Waals surface area contributed by atoms with Crippen molar-refractivity contribution in [1.82, 2.24) is 0 Å². The van der Waals surface area contributed by atoms with Crippen molar-refractivity contribution in [3.05, 3.63) is 23.0 Å². The minimum absolute atomic E-state index is 0.613. The van der Waals surface area contributed by atoms with Crippen molar-refractivity contribution in [2.75, 3.05) is 0 Å². The van der Waals surface area contributed by atoms with Crippen molar-refractivity contribution in [1.29, 1.82) is 0 Å². The Morgan fingerprint density at radius 2 is 2.40 bits per heavy atom. The number of halogens is 1. The SMILES string of the molecule is CC1=NC=CC(N)=C(Cl)C1. The van der Waals surface area contributed by atoms with E-state index in [0.717, 1.165) is 5.71 Å². The molecule has 0 amide bonds. The molecule has 1 heterocycles.